The van der Waals surface area contributed by atoms with Crippen molar-refractivity contribution in [3.8, 4) is 34.5 Å². The number of ether oxygens (including phenoxy) is 6. The number of hydrogen-bond donors (Lipinski definition) is 0. The summed E-state index contributed by atoms with van der Waals surface area (Å²) in [4.78, 5) is 79.0. The van der Waals surface area contributed by atoms with Crippen LogP contribution in [0, 0.1) is 82.6 Å². The molecule has 0 N–H and O–H groups in total. The summed E-state index contributed by atoms with van der Waals surface area (Å²) in [7, 11) is 0. The normalized spacial score (nSPS) is 11.5. The molecular formula is C78H70N4O18Pr2. The van der Waals surface area contributed by atoms with E-state index in [9.17, 15) is 59.4 Å². The monoisotopic (exact) mass is 1630 g/mol. The number of aromatic nitrogens is 4. The van der Waals surface area contributed by atoms with Crippen LogP contribution in [0.4, 0.5) is 0 Å². The molecule has 4 aromatic heterocycles. The minimum atomic E-state index is -1.21. The molecule has 0 aliphatic heterocycles. The number of benzene rings is 8. The Morgan fingerprint density at radius 1 is 0.225 bits per heavy atom. The van der Waals surface area contributed by atoms with Gasteiger partial charge in [-0.05, 0) is 139 Å². The molecule has 0 bridgehead atoms. The molecule has 4 heterocycles. The van der Waals surface area contributed by atoms with E-state index < -0.39 is 72.4 Å². The van der Waals surface area contributed by atoms with Crippen molar-refractivity contribution in [2.45, 2.75) is 78.2 Å². The van der Waals surface area contributed by atoms with Crippen LogP contribution in [0.3, 0.4) is 0 Å². The maximum absolute atomic E-state index is 10.3. The summed E-state index contributed by atoms with van der Waals surface area (Å²) in [6.45, 7) is 8.60. The minimum Gasteiger partial charge on any atom is -0.546 e. The van der Waals surface area contributed by atoms with Crippen LogP contribution in [0.25, 0.3) is 43.6 Å². The number of rotatable bonds is 18. The smallest absolute Gasteiger partial charge is 0.546 e. The van der Waals surface area contributed by atoms with Gasteiger partial charge in [0.15, 0.2) is 0 Å². The fourth-order valence-corrected chi connectivity index (χ4v) is 7.87. The first kappa shape index (κ1) is 86.0. The molecule has 12 rings (SSSR count). The average molecular weight is 1630 g/mol. The van der Waals surface area contributed by atoms with Gasteiger partial charge in [0.2, 0.25) is 0 Å². The van der Waals surface area contributed by atoms with Crippen molar-refractivity contribution in [1.82, 2.24) is 19.9 Å². The van der Waals surface area contributed by atoms with E-state index in [1.165, 1.54) is 41.5 Å². The number of fused-ring (bicyclic) bond motifs is 6. The minimum absolute atomic E-state index is 0. The molecule has 6 atom stereocenters. The summed E-state index contributed by atoms with van der Waals surface area (Å²) in [6, 6.07) is 76.9. The fourth-order valence-electron chi connectivity index (χ4n) is 7.87. The number of carbonyl (C=O) groups excluding carboxylic acids is 6. The fraction of sp³-hybridized carbons (Fsp3) is 0.154. The van der Waals surface area contributed by atoms with Crippen molar-refractivity contribution in [3.63, 3.8) is 0 Å². The number of carboxylic acid groups (broad SMARTS) is 6. The number of carbonyl (C=O) groups is 6. The number of aliphatic carboxylic acids is 6. The van der Waals surface area contributed by atoms with Crippen LogP contribution in [0.2, 0.25) is 0 Å². The Balaban J connectivity index is 0.000000303. The van der Waals surface area contributed by atoms with Gasteiger partial charge in [-0.25, -0.2) is 0 Å². The molecule has 0 saturated heterocycles. The van der Waals surface area contributed by atoms with Crippen LogP contribution in [-0.2, 0) is 28.8 Å². The molecule has 22 nitrogen and oxygen atoms in total. The summed E-state index contributed by atoms with van der Waals surface area (Å²) >= 11 is 0. The number of pyridine rings is 4. The molecule has 0 radical (unpaired) electrons. The molecule has 102 heavy (non-hydrogen) atoms. The Morgan fingerprint density at radius 2 is 0.363 bits per heavy atom. The van der Waals surface area contributed by atoms with E-state index >= 15 is 0 Å². The van der Waals surface area contributed by atoms with E-state index in [0.29, 0.717) is 34.5 Å². The van der Waals surface area contributed by atoms with E-state index in [0.717, 1.165) is 43.6 Å². The molecule has 0 aliphatic rings. The third kappa shape index (κ3) is 32.4. The second-order valence-corrected chi connectivity index (χ2v) is 20.8. The van der Waals surface area contributed by atoms with E-state index in [4.69, 9.17) is 28.4 Å². The molecule has 516 valence electrons. The largest absolute Gasteiger partial charge is 3.00 e. The molecule has 0 aliphatic carbocycles. The zero-order chi connectivity index (χ0) is 72.6. The molecule has 0 spiro atoms. The Bertz CT molecular complexity index is 3760. The molecule has 8 aromatic carbocycles. The van der Waals surface area contributed by atoms with Gasteiger partial charge in [-0.2, -0.15) is 0 Å². The number of nitrogens with zero attached hydrogens (tertiary/aromatic N) is 4. The summed E-state index contributed by atoms with van der Waals surface area (Å²) in [6.07, 6.45) is 1.75. The summed E-state index contributed by atoms with van der Waals surface area (Å²) < 4.78 is 30.1. The van der Waals surface area contributed by atoms with Crippen LogP contribution in [0.15, 0.2) is 280 Å². The summed E-state index contributed by atoms with van der Waals surface area (Å²) in [5.41, 5.74) is 3.91. The SMILES string of the molecule is C[C@@H](Oc1ccccc1)C(=O)[O-].C[C@@H](Oc1ccccc1)C(=O)[O-].C[C@@H](Oc1ccccc1)C(=O)[O-].C[C@H](Oc1ccccc1)C(=O)[O-].C[C@H](Oc1ccccc1)C(=O)[O-].C[C@H](Oc1ccccc1)C(=O)[O-].[Pr+3].[Pr+3].c1cnc2c(c1)ccc1cccnc12.c1cnc2c(c1)ccc1cccnc12. The van der Waals surface area contributed by atoms with Gasteiger partial charge in [0.05, 0.1) is 57.9 Å². The maximum Gasteiger partial charge on any atom is 3.00 e. The van der Waals surface area contributed by atoms with Crippen LogP contribution in [-0.4, -0.2) is 92.4 Å². The van der Waals surface area contributed by atoms with Crippen LogP contribution in [0.5, 0.6) is 34.5 Å². The standard InChI is InChI=1S/2C12H8N2.6C9H10O3.2Pr/c2*1-3-9-5-6-10-4-2-8-14-12(10)11(9)13-7-1;6*1-7(9(10)11)12-8-5-3-2-4-6-8;;/h2*1-8H;6*2-7H,1H3,(H,10,11);;/q;;;;;;;;2*+3/p-6/t;;6*7-;;/m..111000../s1. The third-order valence-corrected chi connectivity index (χ3v) is 13.0. The number of hydrogen-bond acceptors (Lipinski definition) is 22. The van der Waals surface area contributed by atoms with Crippen molar-refractivity contribution in [3.05, 3.63) is 280 Å². The number of para-hydroxylation sites is 6. The molecule has 0 unspecified atom stereocenters. The topological polar surface area (TPSA) is 348 Å². The molecule has 0 saturated carbocycles. The van der Waals surface area contributed by atoms with Gasteiger partial charge >= 0.3 is 82.6 Å². The van der Waals surface area contributed by atoms with Crippen molar-refractivity contribution in [2.75, 3.05) is 0 Å². The quantitative estimate of drug-likeness (QED) is 0.0798. The molecule has 24 heteroatoms. The van der Waals surface area contributed by atoms with Crippen molar-refractivity contribution in [1.29, 1.82) is 0 Å². The third-order valence-electron chi connectivity index (χ3n) is 13.0. The average Bonchev–Trinajstić information content (AvgIpc) is 0.805. The van der Waals surface area contributed by atoms with Crippen LogP contribution >= 0.6 is 0 Å². The van der Waals surface area contributed by atoms with E-state index in [1.54, 1.807) is 170 Å². The molecule has 0 fully saturated rings. The van der Waals surface area contributed by atoms with Gasteiger partial charge in [0, 0.05) is 46.3 Å². The van der Waals surface area contributed by atoms with E-state index in [1.807, 2.05) is 60.7 Å². The zero-order valence-corrected chi connectivity index (χ0v) is 63.7. The summed E-state index contributed by atoms with van der Waals surface area (Å²) in [5.74, 6) is -4.04. The van der Waals surface area contributed by atoms with Gasteiger partial charge in [0.1, 0.15) is 71.1 Å². The maximum atomic E-state index is 10.3. The predicted octanol–water partition coefficient (Wildman–Crippen LogP) is 6.79. The van der Waals surface area contributed by atoms with Gasteiger partial charge in [-0.1, -0.05) is 158 Å². The summed E-state index contributed by atoms with van der Waals surface area (Å²) in [5, 5.41) is 66.2. The van der Waals surface area contributed by atoms with Crippen molar-refractivity contribution in [2.24, 2.45) is 0 Å². The second-order valence-electron chi connectivity index (χ2n) is 20.8. The first-order valence-electron chi connectivity index (χ1n) is 30.8. The molecular weight excluding hydrogens is 1560 g/mol. The van der Waals surface area contributed by atoms with Crippen LogP contribution in [0.1, 0.15) is 41.5 Å². The van der Waals surface area contributed by atoms with Gasteiger partial charge in [-0.3, -0.25) is 19.9 Å². The Kier molecular flexibility index (Phi) is 40.2. The Hall–Kier alpha value is -10.3. The Labute approximate surface area is 655 Å². The van der Waals surface area contributed by atoms with Gasteiger partial charge in [-0.15, -0.1) is 0 Å². The predicted molar refractivity (Wildman–Crippen MR) is 363 cm³/mol. The van der Waals surface area contributed by atoms with Gasteiger partial charge in [0.25, 0.3) is 0 Å². The molecule has 12 aromatic rings. The van der Waals surface area contributed by atoms with Crippen molar-refractivity contribution >= 4 is 79.4 Å². The van der Waals surface area contributed by atoms with Crippen LogP contribution < -0.4 is 59.1 Å². The zero-order valence-electron chi connectivity index (χ0n) is 56.3. The van der Waals surface area contributed by atoms with Gasteiger partial charge < -0.3 is 87.8 Å². The first-order chi connectivity index (χ1) is 48.1. The van der Waals surface area contributed by atoms with E-state index in [-0.39, 0.29) is 82.6 Å². The first-order valence-corrected chi connectivity index (χ1v) is 30.8. The Morgan fingerprint density at radius 3 is 0.490 bits per heavy atom. The second kappa shape index (κ2) is 47.7. The van der Waals surface area contributed by atoms with Crippen molar-refractivity contribution < 1.29 is 170 Å². The number of carboxylic acids is 6. The molecule has 0 amide bonds. The van der Waals surface area contributed by atoms with E-state index in [2.05, 4.69) is 68.5 Å².